The fourth-order valence-corrected chi connectivity index (χ4v) is 4.01. The Morgan fingerprint density at radius 3 is 2.83 bits per heavy atom. The van der Waals surface area contributed by atoms with Gasteiger partial charge in [-0.3, -0.25) is 4.79 Å². The van der Waals surface area contributed by atoms with Crippen molar-refractivity contribution in [3.63, 3.8) is 0 Å². The summed E-state index contributed by atoms with van der Waals surface area (Å²) in [5.41, 5.74) is 1.39. The molecular formula is C21H27ClN6O2. The van der Waals surface area contributed by atoms with Crippen LogP contribution in [0.5, 0.6) is 0 Å². The van der Waals surface area contributed by atoms with Crippen molar-refractivity contribution in [3.05, 3.63) is 29.7 Å². The van der Waals surface area contributed by atoms with Gasteiger partial charge in [0.2, 0.25) is 5.91 Å². The zero-order chi connectivity index (χ0) is 20.8. The fourth-order valence-electron chi connectivity index (χ4n) is 3.81. The van der Waals surface area contributed by atoms with Gasteiger partial charge in [0.1, 0.15) is 18.0 Å². The molecule has 9 heteroatoms. The van der Waals surface area contributed by atoms with Crippen LogP contribution >= 0.6 is 11.6 Å². The minimum atomic E-state index is -0.0419. The molecule has 2 aliphatic rings. The highest BCUT2D eigenvalue weighted by atomic mass is 35.5. The second kappa shape index (κ2) is 10.1. The number of anilines is 2. The molecule has 160 valence electrons. The van der Waals surface area contributed by atoms with E-state index in [0.717, 1.165) is 57.8 Å². The third kappa shape index (κ3) is 5.44. The summed E-state index contributed by atoms with van der Waals surface area (Å²) < 4.78 is 5.41. The molecule has 1 amide bonds. The Bertz CT molecular complexity index is 868. The summed E-state index contributed by atoms with van der Waals surface area (Å²) in [6, 6.07) is 3.64. The van der Waals surface area contributed by atoms with E-state index in [9.17, 15) is 4.79 Å². The van der Waals surface area contributed by atoms with E-state index in [-0.39, 0.29) is 11.8 Å². The molecule has 3 N–H and O–H groups in total. The molecule has 30 heavy (non-hydrogen) atoms. The molecular weight excluding hydrogens is 404 g/mol. The zero-order valence-electron chi connectivity index (χ0n) is 16.9. The average molecular weight is 431 g/mol. The Kier molecular flexibility index (Phi) is 7.09. The van der Waals surface area contributed by atoms with Gasteiger partial charge in [-0.25, -0.2) is 15.0 Å². The molecule has 2 aromatic heterocycles. The Labute approximate surface area is 181 Å². The van der Waals surface area contributed by atoms with Gasteiger partial charge in [-0.2, -0.15) is 0 Å². The fraction of sp³-hybridized carbons (Fsp3) is 0.524. The van der Waals surface area contributed by atoms with Crippen LogP contribution in [-0.4, -0.2) is 53.7 Å². The Hall–Kier alpha value is -2.29. The third-order valence-corrected chi connectivity index (χ3v) is 5.93. The number of amides is 1. The normalized spacial score (nSPS) is 20.0. The van der Waals surface area contributed by atoms with Crippen molar-refractivity contribution in [2.75, 3.05) is 43.5 Å². The molecule has 8 nitrogen and oxygen atoms in total. The molecule has 0 spiro atoms. The lowest BCUT2D eigenvalue weighted by Crippen LogP contribution is -2.37. The molecule has 0 bridgehead atoms. The van der Waals surface area contributed by atoms with Gasteiger partial charge >= 0.3 is 0 Å². The average Bonchev–Trinajstić information content (AvgIpc) is 2.80. The number of rotatable bonds is 6. The topological polar surface area (TPSA) is 101 Å². The van der Waals surface area contributed by atoms with Crippen molar-refractivity contribution in [1.29, 1.82) is 0 Å². The van der Waals surface area contributed by atoms with Crippen LogP contribution in [0, 0.1) is 11.8 Å². The lowest BCUT2D eigenvalue weighted by Gasteiger charge is -2.22. The highest BCUT2D eigenvalue weighted by Gasteiger charge is 2.21. The minimum absolute atomic E-state index is 0.0236. The molecule has 2 aliphatic heterocycles. The first-order valence-electron chi connectivity index (χ1n) is 10.5. The summed E-state index contributed by atoms with van der Waals surface area (Å²) in [4.78, 5) is 25.5. The second-order valence-corrected chi connectivity index (χ2v) is 8.21. The molecule has 0 radical (unpaired) electrons. The van der Waals surface area contributed by atoms with Gasteiger partial charge in [-0.1, -0.05) is 11.6 Å². The summed E-state index contributed by atoms with van der Waals surface area (Å²) in [6.45, 7) is 4.14. The van der Waals surface area contributed by atoms with Crippen LogP contribution in [0.3, 0.4) is 0 Å². The number of ether oxygens (including phenoxy) is 1. The monoisotopic (exact) mass is 430 g/mol. The molecule has 0 aromatic carbocycles. The van der Waals surface area contributed by atoms with E-state index in [1.165, 1.54) is 6.33 Å². The van der Waals surface area contributed by atoms with E-state index >= 15 is 0 Å². The van der Waals surface area contributed by atoms with Crippen molar-refractivity contribution in [1.82, 2.24) is 20.3 Å². The number of hydrogen-bond acceptors (Lipinski definition) is 7. The third-order valence-electron chi connectivity index (χ3n) is 5.63. The molecule has 2 aromatic rings. The molecule has 4 heterocycles. The maximum absolute atomic E-state index is 12.5. The molecule has 0 aliphatic carbocycles. The van der Waals surface area contributed by atoms with Crippen LogP contribution in [0.25, 0.3) is 11.3 Å². The maximum atomic E-state index is 12.5. The van der Waals surface area contributed by atoms with Crippen molar-refractivity contribution in [2.24, 2.45) is 11.8 Å². The molecule has 1 atom stereocenters. The van der Waals surface area contributed by atoms with Crippen LogP contribution in [0.2, 0.25) is 5.02 Å². The SMILES string of the molecule is O=C(Nc1cc(-c2cc(NCC3CCOCC3)ncn2)c(Cl)cn1)C1CCCNC1. The summed E-state index contributed by atoms with van der Waals surface area (Å²) in [6.07, 6.45) is 7.06. The van der Waals surface area contributed by atoms with Crippen molar-refractivity contribution < 1.29 is 9.53 Å². The predicted molar refractivity (Wildman–Crippen MR) is 117 cm³/mol. The van der Waals surface area contributed by atoms with Crippen molar-refractivity contribution in [2.45, 2.75) is 25.7 Å². The maximum Gasteiger partial charge on any atom is 0.229 e. The number of nitrogens with zero attached hydrogens (tertiary/aromatic N) is 3. The van der Waals surface area contributed by atoms with E-state index in [1.807, 2.05) is 6.07 Å². The summed E-state index contributed by atoms with van der Waals surface area (Å²) in [5.74, 6) is 1.74. The smallest absolute Gasteiger partial charge is 0.229 e. The van der Waals surface area contributed by atoms with Gasteiger partial charge in [0, 0.05) is 44.1 Å². The molecule has 0 saturated carbocycles. The first kappa shape index (κ1) is 21.0. The number of aromatic nitrogens is 3. The van der Waals surface area contributed by atoms with Crippen LogP contribution in [0.15, 0.2) is 24.7 Å². The van der Waals surface area contributed by atoms with Gasteiger partial charge < -0.3 is 20.7 Å². The highest BCUT2D eigenvalue weighted by Crippen LogP contribution is 2.29. The standard InChI is InChI=1S/C21H27ClN6O2/c22-17-12-25-20(28-21(29)15-2-1-5-23-11-15)8-16(17)18-9-19(27-13-26-18)24-10-14-3-6-30-7-4-14/h8-9,12-15,23H,1-7,10-11H2,(H,24,26,27)(H,25,28,29). The first-order chi connectivity index (χ1) is 14.7. The number of carbonyl (C=O) groups is 1. The molecule has 4 rings (SSSR count). The van der Waals surface area contributed by atoms with Crippen molar-refractivity contribution in [3.8, 4) is 11.3 Å². The lowest BCUT2D eigenvalue weighted by atomic mass is 9.99. The largest absolute Gasteiger partial charge is 0.381 e. The molecule has 1 unspecified atom stereocenters. The number of piperidine rings is 1. The van der Waals surface area contributed by atoms with E-state index < -0.39 is 0 Å². The highest BCUT2D eigenvalue weighted by molar-refractivity contribution is 6.33. The quantitative estimate of drug-likeness (QED) is 0.647. The summed E-state index contributed by atoms with van der Waals surface area (Å²) in [7, 11) is 0. The number of pyridine rings is 1. The Morgan fingerprint density at radius 2 is 2.03 bits per heavy atom. The molecule has 2 fully saturated rings. The van der Waals surface area contributed by atoms with E-state index in [2.05, 4.69) is 30.9 Å². The Morgan fingerprint density at radius 1 is 1.17 bits per heavy atom. The summed E-state index contributed by atoms with van der Waals surface area (Å²) in [5, 5.41) is 10.0. The van der Waals surface area contributed by atoms with Gasteiger partial charge in [0.15, 0.2) is 0 Å². The van der Waals surface area contributed by atoms with Crippen LogP contribution in [-0.2, 0) is 9.53 Å². The van der Waals surface area contributed by atoms with Gasteiger partial charge in [-0.15, -0.1) is 0 Å². The van der Waals surface area contributed by atoms with Crippen LogP contribution in [0.4, 0.5) is 11.6 Å². The van der Waals surface area contributed by atoms with E-state index in [1.54, 1.807) is 12.3 Å². The van der Waals surface area contributed by atoms with E-state index in [0.29, 0.717) is 34.6 Å². The zero-order valence-corrected chi connectivity index (χ0v) is 17.6. The first-order valence-corrected chi connectivity index (χ1v) is 10.9. The molecule has 2 saturated heterocycles. The summed E-state index contributed by atoms with van der Waals surface area (Å²) >= 11 is 6.39. The minimum Gasteiger partial charge on any atom is -0.381 e. The number of carbonyl (C=O) groups excluding carboxylic acids is 1. The van der Waals surface area contributed by atoms with Crippen LogP contribution in [0.1, 0.15) is 25.7 Å². The van der Waals surface area contributed by atoms with Gasteiger partial charge in [0.05, 0.1) is 16.6 Å². The van der Waals surface area contributed by atoms with Crippen molar-refractivity contribution >= 4 is 29.1 Å². The second-order valence-electron chi connectivity index (χ2n) is 7.81. The Balaban J connectivity index is 1.45. The van der Waals surface area contributed by atoms with Gasteiger partial charge in [0.25, 0.3) is 0 Å². The lowest BCUT2D eigenvalue weighted by molar-refractivity contribution is -0.120. The predicted octanol–water partition coefficient (Wildman–Crippen LogP) is 2.97. The van der Waals surface area contributed by atoms with E-state index in [4.69, 9.17) is 16.3 Å². The number of nitrogens with one attached hydrogen (secondary N) is 3. The van der Waals surface area contributed by atoms with Crippen LogP contribution < -0.4 is 16.0 Å². The van der Waals surface area contributed by atoms with Gasteiger partial charge in [-0.05, 0) is 44.2 Å². The number of hydrogen-bond donors (Lipinski definition) is 3. The number of halogens is 1.